The fraction of sp³-hybridized carbons (Fsp3) is 0.238. The van der Waals surface area contributed by atoms with Crippen molar-refractivity contribution in [3.8, 4) is 27.8 Å². The number of thiazole rings is 1. The van der Waals surface area contributed by atoms with Gasteiger partial charge in [-0.3, -0.25) is 4.79 Å². The van der Waals surface area contributed by atoms with E-state index in [1.54, 1.807) is 12.5 Å². The van der Waals surface area contributed by atoms with E-state index < -0.39 is 5.97 Å². The highest BCUT2D eigenvalue weighted by atomic mass is 32.1. The van der Waals surface area contributed by atoms with Crippen molar-refractivity contribution in [1.29, 1.82) is 0 Å². The van der Waals surface area contributed by atoms with E-state index in [0.29, 0.717) is 30.4 Å². The molecule has 0 radical (unpaired) electrons. The second-order valence-electron chi connectivity index (χ2n) is 6.09. The lowest BCUT2D eigenvalue weighted by Crippen LogP contribution is -2.09. The Labute approximate surface area is 167 Å². The minimum absolute atomic E-state index is 0.0875. The Kier molecular flexibility index (Phi) is 6.49. The second kappa shape index (κ2) is 9.23. The van der Waals surface area contributed by atoms with Gasteiger partial charge in [0.25, 0.3) is 0 Å². The summed E-state index contributed by atoms with van der Waals surface area (Å²) in [7, 11) is 1.58. The normalized spacial score (nSPS) is 10.5. The fourth-order valence-electron chi connectivity index (χ4n) is 2.61. The summed E-state index contributed by atoms with van der Waals surface area (Å²) in [6, 6.07) is 13.4. The molecule has 2 aromatic carbocycles. The predicted octanol–water partition coefficient (Wildman–Crippen LogP) is 4.21. The Bertz CT molecular complexity index is 953. The SMILES string of the molecule is COc1cc(-c2nc(CC(=O)O)cs2)ccc1OCCOc1cccc(C)c1. The first kappa shape index (κ1) is 19.7. The van der Waals surface area contributed by atoms with Crippen molar-refractivity contribution in [3.63, 3.8) is 0 Å². The van der Waals surface area contributed by atoms with Gasteiger partial charge in [-0.25, -0.2) is 4.98 Å². The molecule has 1 N–H and O–H groups in total. The molecule has 0 spiro atoms. The van der Waals surface area contributed by atoms with E-state index in [-0.39, 0.29) is 6.42 Å². The number of ether oxygens (including phenoxy) is 3. The molecule has 0 unspecified atom stereocenters. The molecular weight excluding hydrogens is 378 g/mol. The number of carboxylic acids is 1. The lowest BCUT2D eigenvalue weighted by atomic mass is 10.2. The maximum absolute atomic E-state index is 10.8. The van der Waals surface area contributed by atoms with Gasteiger partial charge in [-0.05, 0) is 42.8 Å². The molecule has 146 valence electrons. The van der Waals surface area contributed by atoms with Gasteiger partial charge in [0.05, 0.1) is 19.2 Å². The quantitative estimate of drug-likeness (QED) is 0.543. The van der Waals surface area contributed by atoms with Crippen molar-refractivity contribution in [3.05, 3.63) is 59.1 Å². The molecule has 3 rings (SSSR count). The minimum atomic E-state index is -0.897. The van der Waals surface area contributed by atoms with Gasteiger partial charge in [0.1, 0.15) is 24.0 Å². The molecule has 0 saturated heterocycles. The van der Waals surface area contributed by atoms with Crippen molar-refractivity contribution in [2.45, 2.75) is 13.3 Å². The number of hydrogen-bond donors (Lipinski definition) is 1. The van der Waals surface area contributed by atoms with Crippen LogP contribution in [-0.4, -0.2) is 36.4 Å². The summed E-state index contributed by atoms with van der Waals surface area (Å²) in [4.78, 5) is 15.2. The van der Waals surface area contributed by atoms with Gasteiger partial charge in [-0.1, -0.05) is 12.1 Å². The largest absolute Gasteiger partial charge is 0.493 e. The van der Waals surface area contributed by atoms with Crippen LogP contribution in [0.5, 0.6) is 17.2 Å². The summed E-state index contributed by atoms with van der Waals surface area (Å²) >= 11 is 1.40. The molecule has 0 aliphatic carbocycles. The first-order valence-electron chi connectivity index (χ1n) is 8.72. The van der Waals surface area contributed by atoms with Gasteiger partial charge in [0, 0.05) is 10.9 Å². The smallest absolute Gasteiger partial charge is 0.309 e. The Morgan fingerprint density at radius 3 is 2.68 bits per heavy atom. The van der Waals surface area contributed by atoms with Crippen LogP contribution < -0.4 is 14.2 Å². The van der Waals surface area contributed by atoms with Crippen LogP contribution in [0.1, 0.15) is 11.3 Å². The van der Waals surface area contributed by atoms with Crippen molar-refractivity contribution in [2.24, 2.45) is 0 Å². The highest BCUT2D eigenvalue weighted by Gasteiger charge is 2.11. The first-order chi connectivity index (χ1) is 13.5. The average Bonchev–Trinajstić information content (AvgIpc) is 3.13. The highest BCUT2D eigenvalue weighted by molar-refractivity contribution is 7.13. The third-order valence-electron chi connectivity index (χ3n) is 3.89. The molecular formula is C21H21NO5S. The lowest BCUT2D eigenvalue weighted by Gasteiger charge is -2.12. The average molecular weight is 399 g/mol. The lowest BCUT2D eigenvalue weighted by molar-refractivity contribution is -0.136. The maximum atomic E-state index is 10.8. The number of rotatable bonds is 9. The van der Waals surface area contributed by atoms with Gasteiger partial charge in [-0.2, -0.15) is 0 Å². The summed E-state index contributed by atoms with van der Waals surface area (Å²) in [5.41, 5.74) is 2.53. The third kappa shape index (κ3) is 5.23. The van der Waals surface area contributed by atoms with E-state index in [0.717, 1.165) is 21.9 Å². The van der Waals surface area contributed by atoms with E-state index in [9.17, 15) is 4.79 Å². The van der Waals surface area contributed by atoms with E-state index in [4.69, 9.17) is 19.3 Å². The standard InChI is InChI=1S/C21H21NO5S/c1-14-4-3-5-17(10-14)26-8-9-27-18-7-6-15(11-19(18)25-2)21-22-16(13-28-21)12-20(23)24/h3-7,10-11,13H,8-9,12H2,1-2H3,(H,23,24). The zero-order valence-corrected chi connectivity index (χ0v) is 16.5. The molecule has 0 fully saturated rings. The molecule has 0 amide bonds. The van der Waals surface area contributed by atoms with Crippen LogP contribution in [0.3, 0.4) is 0 Å². The minimum Gasteiger partial charge on any atom is -0.493 e. The summed E-state index contributed by atoms with van der Waals surface area (Å²) in [6.07, 6.45) is -0.0875. The molecule has 0 saturated carbocycles. The number of carbonyl (C=O) groups is 1. The Hall–Kier alpha value is -3.06. The second-order valence-corrected chi connectivity index (χ2v) is 6.95. The van der Waals surface area contributed by atoms with Crippen LogP contribution >= 0.6 is 11.3 Å². The monoisotopic (exact) mass is 399 g/mol. The highest BCUT2D eigenvalue weighted by Crippen LogP contribution is 2.33. The molecule has 1 heterocycles. The maximum Gasteiger partial charge on any atom is 0.309 e. The van der Waals surface area contributed by atoms with Crippen LogP contribution in [-0.2, 0) is 11.2 Å². The Balaban J connectivity index is 1.61. The van der Waals surface area contributed by atoms with E-state index in [1.165, 1.54) is 11.3 Å². The van der Waals surface area contributed by atoms with Crippen LogP contribution in [0.2, 0.25) is 0 Å². The molecule has 6 nitrogen and oxygen atoms in total. The summed E-state index contributed by atoms with van der Waals surface area (Å²) < 4.78 is 16.9. The summed E-state index contributed by atoms with van der Waals surface area (Å²) in [6.45, 7) is 2.81. The molecule has 7 heteroatoms. The number of aliphatic carboxylic acids is 1. The van der Waals surface area contributed by atoms with E-state index in [1.807, 2.05) is 49.4 Å². The van der Waals surface area contributed by atoms with Crippen LogP contribution in [0.15, 0.2) is 47.8 Å². The van der Waals surface area contributed by atoms with E-state index in [2.05, 4.69) is 4.98 Å². The molecule has 28 heavy (non-hydrogen) atoms. The first-order valence-corrected chi connectivity index (χ1v) is 9.60. The van der Waals surface area contributed by atoms with Gasteiger partial charge < -0.3 is 19.3 Å². The number of aromatic nitrogens is 1. The molecule has 0 atom stereocenters. The number of carboxylic acid groups (broad SMARTS) is 1. The van der Waals surface area contributed by atoms with Gasteiger partial charge in [-0.15, -0.1) is 11.3 Å². The molecule has 0 aliphatic rings. The van der Waals surface area contributed by atoms with E-state index >= 15 is 0 Å². The van der Waals surface area contributed by atoms with Gasteiger partial charge in [0.2, 0.25) is 0 Å². The van der Waals surface area contributed by atoms with Gasteiger partial charge in [0.15, 0.2) is 11.5 Å². The fourth-order valence-corrected chi connectivity index (χ4v) is 3.43. The zero-order chi connectivity index (χ0) is 19.9. The predicted molar refractivity (Wildman–Crippen MR) is 108 cm³/mol. The number of aryl methyl sites for hydroxylation is 1. The Morgan fingerprint density at radius 1 is 1.11 bits per heavy atom. The Morgan fingerprint density at radius 2 is 1.93 bits per heavy atom. The molecule has 0 aliphatic heterocycles. The summed E-state index contributed by atoms with van der Waals surface area (Å²) in [5.74, 6) is 1.11. The third-order valence-corrected chi connectivity index (χ3v) is 4.83. The zero-order valence-electron chi connectivity index (χ0n) is 15.7. The van der Waals surface area contributed by atoms with Crippen LogP contribution in [0.4, 0.5) is 0 Å². The topological polar surface area (TPSA) is 77.9 Å². The molecule has 3 aromatic rings. The molecule has 1 aromatic heterocycles. The van der Waals surface area contributed by atoms with Crippen molar-refractivity contribution in [1.82, 2.24) is 4.98 Å². The van der Waals surface area contributed by atoms with Crippen LogP contribution in [0, 0.1) is 6.92 Å². The summed E-state index contributed by atoms with van der Waals surface area (Å²) in [5, 5.41) is 11.4. The van der Waals surface area contributed by atoms with Crippen molar-refractivity contribution < 1.29 is 24.1 Å². The number of hydrogen-bond acceptors (Lipinski definition) is 6. The van der Waals surface area contributed by atoms with Crippen molar-refractivity contribution >= 4 is 17.3 Å². The number of benzene rings is 2. The van der Waals surface area contributed by atoms with Crippen molar-refractivity contribution in [2.75, 3.05) is 20.3 Å². The van der Waals surface area contributed by atoms with Crippen LogP contribution in [0.25, 0.3) is 10.6 Å². The number of nitrogens with zero attached hydrogens (tertiary/aromatic N) is 1. The van der Waals surface area contributed by atoms with Gasteiger partial charge >= 0.3 is 5.97 Å². The number of methoxy groups -OCH3 is 1. The molecule has 0 bridgehead atoms.